The fraction of sp³-hybridized carbons (Fsp3) is 0.106. The number of aromatic nitrogens is 4. The normalized spacial score (nSPS) is 17.7. The van der Waals surface area contributed by atoms with E-state index in [-0.39, 0.29) is 11.5 Å². The van der Waals surface area contributed by atoms with Gasteiger partial charge in [-0.05, 0) is 65.7 Å². The number of aromatic amines is 2. The smallest absolute Gasteiger partial charge is 0.286 e. The number of nitro groups is 1. The van der Waals surface area contributed by atoms with Crippen LogP contribution in [0.1, 0.15) is 28.7 Å². The maximum Gasteiger partial charge on any atom is 0.286 e. The highest BCUT2D eigenvalue weighted by Gasteiger charge is 2.64. The number of H-pyrrole nitrogens is 2. The van der Waals surface area contributed by atoms with Crippen LogP contribution in [0.15, 0.2) is 146 Å². The Morgan fingerprint density at radius 2 is 0.982 bits per heavy atom. The predicted molar refractivity (Wildman–Crippen MR) is 221 cm³/mol. The third kappa shape index (κ3) is 5.25. The van der Waals surface area contributed by atoms with Crippen molar-refractivity contribution in [2.24, 2.45) is 0 Å². The van der Waals surface area contributed by atoms with Crippen molar-refractivity contribution in [3.05, 3.63) is 178 Å². The second-order valence-electron chi connectivity index (χ2n) is 14.5. The van der Waals surface area contributed by atoms with Crippen molar-refractivity contribution in [1.82, 2.24) is 24.8 Å². The molecule has 8 heteroatoms. The van der Waals surface area contributed by atoms with E-state index >= 15 is 0 Å². The summed E-state index contributed by atoms with van der Waals surface area (Å²) in [6.07, 6.45) is 4.17. The number of nitrogens with one attached hydrogen (secondary N) is 2. The van der Waals surface area contributed by atoms with Gasteiger partial charge in [0.15, 0.2) is 0 Å². The third-order valence-electron chi connectivity index (χ3n) is 11.2. The fourth-order valence-corrected chi connectivity index (χ4v) is 8.85. The molecule has 3 aliphatic rings. The molecule has 0 amide bonds. The molecule has 1 saturated heterocycles. The SMILES string of the molecule is CN1CC2c3nc(c(-c4ccccc4)c4ccc([nH]4)c(-c4ccccc4)c4nc(c(-c5ccccc5)c5ccc([nH]5)c3-c3ccccc3)C=C4)C2([N+](=O)[O-])C1. The van der Waals surface area contributed by atoms with Crippen molar-refractivity contribution in [3.63, 3.8) is 0 Å². The van der Waals surface area contributed by atoms with Crippen LogP contribution in [0.5, 0.6) is 0 Å². The van der Waals surface area contributed by atoms with Gasteiger partial charge < -0.3 is 9.97 Å². The van der Waals surface area contributed by atoms with Crippen molar-refractivity contribution in [3.8, 4) is 44.5 Å². The Labute approximate surface area is 317 Å². The first-order valence-corrected chi connectivity index (χ1v) is 18.5. The molecule has 3 aliphatic heterocycles. The highest BCUT2D eigenvalue weighted by Crippen LogP contribution is 2.53. The Kier molecular flexibility index (Phi) is 7.67. The summed E-state index contributed by atoms with van der Waals surface area (Å²) in [6, 6.07) is 48.9. The largest absolute Gasteiger partial charge is 0.354 e. The van der Waals surface area contributed by atoms with Crippen LogP contribution in [-0.2, 0) is 5.54 Å². The topological polar surface area (TPSA) is 104 Å². The molecule has 2 atom stereocenters. The van der Waals surface area contributed by atoms with E-state index in [1.54, 1.807) is 0 Å². The molecule has 0 radical (unpaired) electrons. The summed E-state index contributed by atoms with van der Waals surface area (Å²) in [7, 11) is 1.97. The van der Waals surface area contributed by atoms with E-state index < -0.39 is 11.5 Å². The van der Waals surface area contributed by atoms with Crippen LogP contribution in [0.2, 0.25) is 0 Å². The number of hydrogen-bond acceptors (Lipinski definition) is 5. The zero-order chi connectivity index (χ0) is 37.1. The molecule has 0 spiro atoms. The molecule has 7 aromatic rings. The number of benzene rings is 4. The highest BCUT2D eigenvalue weighted by molar-refractivity contribution is 5.97. The number of likely N-dealkylation sites (N-methyl/N-ethyl adjacent to an activating group) is 1. The molecule has 8 nitrogen and oxygen atoms in total. The minimum Gasteiger partial charge on any atom is -0.354 e. The van der Waals surface area contributed by atoms with Crippen molar-refractivity contribution in [1.29, 1.82) is 0 Å². The summed E-state index contributed by atoms with van der Waals surface area (Å²) in [5.74, 6) is -0.517. The lowest BCUT2D eigenvalue weighted by Crippen LogP contribution is -2.40. The van der Waals surface area contributed by atoms with E-state index in [2.05, 4.69) is 81.6 Å². The molecule has 0 aliphatic carbocycles. The molecule has 55 heavy (non-hydrogen) atoms. The second kappa shape index (κ2) is 12.9. The predicted octanol–water partition coefficient (Wildman–Crippen LogP) is 10.4. The Morgan fingerprint density at radius 3 is 1.44 bits per heavy atom. The first-order chi connectivity index (χ1) is 27.0. The second-order valence-corrected chi connectivity index (χ2v) is 14.5. The molecular weight excluding hydrogens is 681 g/mol. The van der Waals surface area contributed by atoms with Crippen LogP contribution in [0, 0.1) is 10.1 Å². The summed E-state index contributed by atoms with van der Waals surface area (Å²) in [6.45, 7) is 0.709. The molecule has 4 aromatic carbocycles. The summed E-state index contributed by atoms with van der Waals surface area (Å²) in [5.41, 5.74) is 11.9. The van der Waals surface area contributed by atoms with Crippen LogP contribution in [0.25, 0.3) is 78.7 Å². The number of fused-ring (bicyclic) bond motifs is 11. The highest BCUT2D eigenvalue weighted by atomic mass is 16.6. The minimum absolute atomic E-state index is 0.0748. The lowest BCUT2D eigenvalue weighted by Gasteiger charge is -2.22. The quantitative estimate of drug-likeness (QED) is 0.136. The van der Waals surface area contributed by atoms with E-state index in [1.807, 2.05) is 98.0 Å². The van der Waals surface area contributed by atoms with E-state index in [0.29, 0.717) is 23.5 Å². The van der Waals surface area contributed by atoms with Gasteiger partial charge in [0.2, 0.25) is 0 Å². The number of hydrogen-bond donors (Lipinski definition) is 2. The molecule has 1 fully saturated rings. The zero-order valence-corrected chi connectivity index (χ0v) is 30.1. The molecule has 3 aromatic heterocycles. The fourth-order valence-electron chi connectivity index (χ4n) is 8.85. The molecule has 0 saturated carbocycles. The van der Waals surface area contributed by atoms with Gasteiger partial charge in [0, 0.05) is 55.8 Å². The van der Waals surface area contributed by atoms with Crippen molar-refractivity contribution < 1.29 is 4.92 Å². The molecule has 2 N–H and O–H groups in total. The average Bonchev–Trinajstić information content (AvgIpc) is 4.07. The van der Waals surface area contributed by atoms with Crippen molar-refractivity contribution in [2.45, 2.75) is 11.5 Å². The summed E-state index contributed by atoms with van der Waals surface area (Å²) >= 11 is 0. The van der Waals surface area contributed by atoms with Gasteiger partial charge in [0.1, 0.15) is 5.69 Å². The zero-order valence-electron chi connectivity index (χ0n) is 30.1. The molecule has 6 heterocycles. The van der Waals surface area contributed by atoms with E-state index in [9.17, 15) is 10.1 Å². The molecule has 266 valence electrons. The third-order valence-corrected chi connectivity index (χ3v) is 11.2. The monoisotopic (exact) mass is 716 g/mol. The van der Waals surface area contributed by atoms with E-state index in [0.717, 1.165) is 72.4 Å². The standard InChI is InChI=1S/C47H36N6O2/c1-52-28-34-45-43(32-18-10-4-11-19-32)39-26-24-37(49-39)41(30-14-6-2-7-15-30)35-22-23-36(48-35)42(31-16-8-3-9-17-31)38-25-27-40(50-38)44(33-20-12-5-13-21-33)46(51-45)47(34,29-52)53(54)55/h2-27,34,49-50H,28-29H2,1H3. The minimum atomic E-state index is -1.50. The molecular formula is C47H36N6O2. The van der Waals surface area contributed by atoms with Crippen LogP contribution < -0.4 is 0 Å². The maximum atomic E-state index is 13.9. The summed E-state index contributed by atoms with van der Waals surface area (Å²) in [4.78, 5) is 34.3. The van der Waals surface area contributed by atoms with Crippen molar-refractivity contribution >= 4 is 34.2 Å². The number of likely N-dealkylation sites (tertiary alicyclic amines) is 1. The first-order valence-electron chi connectivity index (χ1n) is 18.5. The average molecular weight is 717 g/mol. The van der Waals surface area contributed by atoms with Crippen LogP contribution in [0.3, 0.4) is 0 Å². The summed E-state index contributed by atoms with van der Waals surface area (Å²) < 4.78 is 0. The van der Waals surface area contributed by atoms with Gasteiger partial charge in [0.25, 0.3) is 5.54 Å². The van der Waals surface area contributed by atoms with Gasteiger partial charge in [-0.2, -0.15) is 0 Å². The number of rotatable bonds is 5. The Hall–Kier alpha value is -6.90. The van der Waals surface area contributed by atoms with Gasteiger partial charge >= 0.3 is 0 Å². The van der Waals surface area contributed by atoms with Crippen LogP contribution in [-0.4, -0.2) is 49.9 Å². The molecule has 10 rings (SSSR count). The van der Waals surface area contributed by atoms with Gasteiger partial charge in [-0.15, -0.1) is 0 Å². The molecule has 8 bridgehead atoms. The Bertz CT molecular complexity index is 2810. The van der Waals surface area contributed by atoms with Gasteiger partial charge in [-0.1, -0.05) is 121 Å². The first kappa shape index (κ1) is 32.7. The van der Waals surface area contributed by atoms with Gasteiger partial charge in [-0.25, -0.2) is 9.97 Å². The van der Waals surface area contributed by atoms with Crippen molar-refractivity contribution in [2.75, 3.05) is 20.1 Å². The summed E-state index contributed by atoms with van der Waals surface area (Å²) in [5, 5.41) is 13.9. The van der Waals surface area contributed by atoms with Crippen LogP contribution >= 0.6 is 0 Å². The van der Waals surface area contributed by atoms with E-state index in [1.165, 1.54) is 0 Å². The molecule has 2 unspecified atom stereocenters. The Morgan fingerprint density at radius 1 is 0.582 bits per heavy atom. The van der Waals surface area contributed by atoms with Crippen LogP contribution in [0.4, 0.5) is 0 Å². The maximum absolute atomic E-state index is 13.9. The van der Waals surface area contributed by atoms with Gasteiger partial charge in [-0.3, -0.25) is 15.0 Å². The lowest BCUT2D eigenvalue weighted by atomic mass is 9.81. The van der Waals surface area contributed by atoms with Gasteiger partial charge in [0.05, 0.1) is 29.5 Å². The van der Waals surface area contributed by atoms with E-state index in [4.69, 9.17) is 9.97 Å². The lowest BCUT2D eigenvalue weighted by molar-refractivity contribution is -0.577. The number of nitrogens with zero attached hydrogens (tertiary/aromatic N) is 4. The Balaban J connectivity index is 1.46.